The van der Waals surface area contributed by atoms with E-state index < -0.39 is 42.0 Å². The molecule has 27 heavy (non-hydrogen) atoms. The number of ether oxygens (including phenoxy) is 1. The van der Waals surface area contributed by atoms with E-state index in [4.69, 9.17) is 4.74 Å². The molecular formula is C19H25N3O5. The van der Waals surface area contributed by atoms with Crippen molar-refractivity contribution in [2.75, 3.05) is 18.5 Å². The molecule has 0 spiro atoms. The lowest BCUT2D eigenvalue weighted by Crippen LogP contribution is -2.46. The summed E-state index contributed by atoms with van der Waals surface area (Å²) in [5.41, 5.74) is -0.318. The third kappa shape index (κ3) is 4.10. The van der Waals surface area contributed by atoms with E-state index in [2.05, 4.69) is 5.32 Å². The molecule has 1 aliphatic heterocycles. The number of esters is 1. The average Bonchev–Trinajstić information content (AvgIpc) is 2.92. The molecule has 1 aliphatic rings. The lowest BCUT2D eigenvalue weighted by atomic mass is 9.93. The summed E-state index contributed by atoms with van der Waals surface area (Å²) >= 11 is 0. The zero-order valence-electron chi connectivity index (χ0n) is 16.0. The molecule has 0 radical (unpaired) electrons. The largest absolute Gasteiger partial charge is 0.451 e. The number of benzene rings is 1. The van der Waals surface area contributed by atoms with Crippen molar-refractivity contribution < 1.29 is 23.9 Å². The minimum atomic E-state index is -1.05. The Balaban J connectivity index is 1.98. The van der Waals surface area contributed by atoms with Gasteiger partial charge in [-0.15, -0.1) is 0 Å². The van der Waals surface area contributed by atoms with Gasteiger partial charge in [0.2, 0.25) is 0 Å². The van der Waals surface area contributed by atoms with Crippen LogP contribution in [0.1, 0.15) is 33.6 Å². The fraction of sp³-hybridized carbons (Fsp3) is 0.474. The van der Waals surface area contributed by atoms with E-state index in [1.807, 2.05) is 6.07 Å². The van der Waals surface area contributed by atoms with Gasteiger partial charge in [0, 0.05) is 12.7 Å². The van der Waals surface area contributed by atoms with Gasteiger partial charge in [0.05, 0.1) is 0 Å². The monoisotopic (exact) mass is 375 g/mol. The number of likely N-dealkylation sites (N-methyl/N-ethyl adjacent to an activating group) is 1. The van der Waals surface area contributed by atoms with Crippen molar-refractivity contribution in [2.24, 2.45) is 0 Å². The number of carbonyl (C=O) groups is 4. The smallest absolute Gasteiger partial charge is 0.327 e. The molecule has 146 valence electrons. The topological polar surface area (TPSA) is 96.0 Å². The van der Waals surface area contributed by atoms with E-state index in [9.17, 15) is 19.2 Å². The number of para-hydroxylation sites is 1. The van der Waals surface area contributed by atoms with E-state index in [0.717, 1.165) is 4.90 Å². The Labute approximate surface area is 158 Å². The summed E-state index contributed by atoms with van der Waals surface area (Å²) in [6, 6.07) is 8.31. The number of hydrogen-bond donors (Lipinski definition) is 1. The fourth-order valence-corrected chi connectivity index (χ4v) is 3.01. The molecule has 2 rings (SSSR count). The standard InChI is InChI=1S/C19H25N3O5/c1-5-19(6-2)17(25)22(18(26)20-19)12-15(23)27-13(3)16(24)21(4)14-10-8-7-9-11-14/h7-11,13H,5-6,12H2,1-4H3,(H,20,26)/t13-/m1/s1. The van der Waals surface area contributed by atoms with Crippen LogP contribution < -0.4 is 10.2 Å². The van der Waals surface area contributed by atoms with Crippen molar-refractivity contribution in [3.05, 3.63) is 30.3 Å². The summed E-state index contributed by atoms with van der Waals surface area (Å²) < 4.78 is 5.14. The Hall–Kier alpha value is -2.90. The van der Waals surface area contributed by atoms with Crippen molar-refractivity contribution >= 4 is 29.5 Å². The number of rotatable bonds is 7. The molecule has 0 bridgehead atoms. The number of amides is 4. The van der Waals surface area contributed by atoms with Crippen LogP contribution >= 0.6 is 0 Å². The Kier molecular flexibility index (Phi) is 6.20. The van der Waals surface area contributed by atoms with Crippen LogP contribution in [0.3, 0.4) is 0 Å². The highest BCUT2D eigenvalue weighted by molar-refractivity contribution is 6.08. The lowest BCUT2D eigenvalue weighted by molar-refractivity contribution is -0.155. The minimum absolute atomic E-state index is 0.414. The SMILES string of the molecule is CCC1(CC)NC(=O)N(CC(=O)O[C@H](C)C(=O)N(C)c2ccccc2)C1=O. The van der Waals surface area contributed by atoms with E-state index in [1.165, 1.54) is 11.8 Å². The molecule has 8 nitrogen and oxygen atoms in total. The predicted molar refractivity (Wildman–Crippen MR) is 99.0 cm³/mol. The van der Waals surface area contributed by atoms with Gasteiger partial charge in [-0.2, -0.15) is 0 Å². The second-order valence-electron chi connectivity index (χ2n) is 6.48. The molecule has 0 aromatic heterocycles. The number of imide groups is 1. The fourth-order valence-electron chi connectivity index (χ4n) is 3.01. The van der Waals surface area contributed by atoms with Gasteiger partial charge in [0.1, 0.15) is 12.1 Å². The molecule has 8 heteroatoms. The van der Waals surface area contributed by atoms with Crippen molar-refractivity contribution in [2.45, 2.75) is 45.3 Å². The van der Waals surface area contributed by atoms with Crippen LogP contribution in [0, 0.1) is 0 Å². The molecule has 0 aliphatic carbocycles. The summed E-state index contributed by atoms with van der Waals surface area (Å²) in [6.07, 6.45) is -0.196. The second kappa shape index (κ2) is 8.20. The summed E-state index contributed by atoms with van der Waals surface area (Å²) in [5.74, 6) is -1.68. The summed E-state index contributed by atoms with van der Waals surface area (Å²) in [5, 5.41) is 2.64. The third-order valence-corrected chi connectivity index (χ3v) is 4.87. The summed E-state index contributed by atoms with van der Waals surface area (Å²) in [6.45, 7) is 4.51. The Morgan fingerprint density at radius 3 is 2.30 bits per heavy atom. The molecular weight excluding hydrogens is 350 g/mol. The van der Waals surface area contributed by atoms with Crippen LogP contribution in [0.15, 0.2) is 30.3 Å². The number of nitrogens with one attached hydrogen (secondary N) is 1. The molecule has 1 N–H and O–H groups in total. The van der Waals surface area contributed by atoms with E-state index in [1.54, 1.807) is 45.2 Å². The van der Waals surface area contributed by atoms with Gasteiger partial charge in [0.15, 0.2) is 6.10 Å². The second-order valence-corrected chi connectivity index (χ2v) is 6.48. The van der Waals surface area contributed by atoms with Gasteiger partial charge < -0.3 is 15.0 Å². The maximum atomic E-state index is 12.5. The predicted octanol–water partition coefficient (Wildman–Crippen LogP) is 1.69. The molecule has 1 aromatic carbocycles. The van der Waals surface area contributed by atoms with Gasteiger partial charge in [-0.05, 0) is 31.9 Å². The maximum Gasteiger partial charge on any atom is 0.327 e. The number of urea groups is 1. The first-order valence-corrected chi connectivity index (χ1v) is 8.92. The van der Waals surface area contributed by atoms with Crippen LogP contribution in [0.4, 0.5) is 10.5 Å². The highest BCUT2D eigenvalue weighted by Crippen LogP contribution is 2.24. The molecule has 0 saturated carbocycles. The van der Waals surface area contributed by atoms with Crippen LogP contribution in [0.5, 0.6) is 0 Å². The van der Waals surface area contributed by atoms with Crippen molar-refractivity contribution in [1.29, 1.82) is 0 Å². The number of carbonyl (C=O) groups excluding carboxylic acids is 4. The van der Waals surface area contributed by atoms with Crippen LogP contribution in [0.25, 0.3) is 0 Å². The number of hydrogen-bond acceptors (Lipinski definition) is 5. The Bertz CT molecular complexity index is 730. The first kappa shape index (κ1) is 20.4. The van der Waals surface area contributed by atoms with E-state index >= 15 is 0 Å². The maximum absolute atomic E-state index is 12.5. The highest BCUT2D eigenvalue weighted by atomic mass is 16.5. The van der Waals surface area contributed by atoms with E-state index in [0.29, 0.717) is 18.5 Å². The van der Waals surface area contributed by atoms with Gasteiger partial charge in [-0.25, -0.2) is 4.79 Å². The summed E-state index contributed by atoms with van der Waals surface area (Å²) in [7, 11) is 1.58. The number of nitrogens with zero attached hydrogens (tertiary/aromatic N) is 2. The van der Waals surface area contributed by atoms with Gasteiger partial charge in [-0.3, -0.25) is 19.3 Å². The van der Waals surface area contributed by atoms with Crippen molar-refractivity contribution in [3.63, 3.8) is 0 Å². The lowest BCUT2D eigenvalue weighted by Gasteiger charge is -2.23. The Morgan fingerprint density at radius 1 is 1.19 bits per heavy atom. The molecule has 1 aromatic rings. The molecule has 0 unspecified atom stereocenters. The highest BCUT2D eigenvalue weighted by Gasteiger charge is 2.49. The van der Waals surface area contributed by atoms with E-state index in [-0.39, 0.29) is 0 Å². The normalized spacial score (nSPS) is 16.7. The van der Waals surface area contributed by atoms with Crippen molar-refractivity contribution in [3.8, 4) is 0 Å². The van der Waals surface area contributed by atoms with Gasteiger partial charge in [0.25, 0.3) is 11.8 Å². The molecule has 1 atom stereocenters. The van der Waals surface area contributed by atoms with Crippen molar-refractivity contribution in [1.82, 2.24) is 10.2 Å². The average molecular weight is 375 g/mol. The minimum Gasteiger partial charge on any atom is -0.451 e. The first-order valence-electron chi connectivity index (χ1n) is 8.92. The first-order chi connectivity index (χ1) is 12.8. The molecule has 1 heterocycles. The quantitative estimate of drug-likeness (QED) is 0.578. The van der Waals surface area contributed by atoms with Crippen LogP contribution in [0.2, 0.25) is 0 Å². The third-order valence-electron chi connectivity index (χ3n) is 4.87. The van der Waals surface area contributed by atoms with Crippen LogP contribution in [-0.4, -0.2) is 54.0 Å². The van der Waals surface area contributed by atoms with Gasteiger partial charge >= 0.3 is 12.0 Å². The number of anilines is 1. The van der Waals surface area contributed by atoms with Crippen LogP contribution in [-0.2, 0) is 19.1 Å². The zero-order chi connectivity index (χ0) is 20.2. The van der Waals surface area contributed by atoms with Gasteiger partial charge in [-0.1, -0.05) is 32.0 Å². The molecule has 1 saturated heterocycles. The molecule has 4 amide bonds. The zero-order valence-corrected chi connectivity index (χ0v) is 16.0. The molecule has 1 fully saturated rings. The summed E-state index contributed by atoms with van der Waals surface area (Å²) in [4.78, 5) is 51.4. The Morgan fingerprint density at radius 2 is 1.78 bits per heavy atom.